The molecule has 0 aliphatic carbocycles. The van der Waals surface area contributed by atoms with Gasteiger partial charge in [-0.15, -0.1) is 0 Å². The lowest BCUT2D eigenvalue weighted by Gasteiger charge is -2.18. The molecule has 0 aliphatic rings. The predicted octanol–water partition coefficient (Wildman–Crippen LogP) is -1.98. The standard InChI is InChI=1S/C7H14N2O4.C4H11NO2/c8-7(9,6(12)13)4-2-1-3-5(10)11;1-4(5,2-6)3-7/h1-4,8-9H2,(H,10,11)(H,12,13);6-7H,2-3,5H2,1H3. The van der Waals surface area contributed by atoms with Crippen molar-refractivity contribution >= 4 is 11.9 Å². The van der Waals surface area contributed by atoms with E-state index in [9.17, 15) is 9.59 Å². The SMILES string of the molecule is CC(N)(CO)CO.NC(N)(CCCCC(=O)O)C(=O)O. The highest BCUT2D eigenvalue weighted by atomic mass is 16.4. The fraction of sp³-hybridized carbons (Fsp3) is 0.818. The number of rotatable bonds is 8. The van der Waals surface area contributed by atoms with E-state index in [1.165, 1.54) is 0 Å². The predicted molar refractivity (Wildman–Crippen MR) is 71.6 cm³/mol. The second-order valence-corrected chi connectivity index (χ2v) is 4.92. The number of hydrogen-bond acceptors (Lipinski definition) is 7. The lowest BCUT2D eigenvalue weighted by Crippen LogP contribution is -2.56. The van der Waals surface area contributed by atoms with Crippen LogP contribution in [0.2, 0.25) is 0 Å². The van der Waals surface area contributed by atoms with E-state index < -0.39 is 23.1 Å². The van der Waals surface area contributed by atoms with Crippen LogP contribution < -0.4 is 17.2 Å². The van der Waals surface area contributed by atoms with Crippen molar-refractivity contribution in [3.63, 3.8) is 0 Å². The van der Waals surface area contributed by atoms with Crippen LogP contribution in [-0.4, -0.2) is 56.8 Å². The van der Waals surface area contributed by atoms with Gasteiger partial charge in [-0.3, -0.25) is 4.79 Å². The lowest BCUT2D eigenvalue weighted by molar-refractivity contribution is -0.143. The Morgan fingerprint density at radius 1 is 1.00 bits per heavy atom. The summed E-state index contributed by atoms with van der Waals surface area (Å²) in [6.45, 7) is 1.22. The van der Waals surface area contributed by atoms with Gasteiger partial charge in [0.15, 0.2) is 5.66 Å². The number of carboxylic acids is 2. The molecule has 9 heteroatoms. The highest BCUT2D eigenvalue weighted by molar-refractivity contribution is 5.77. The molecule has 0 spiro atoms. The first-order valence-corrected chi connectivity index (χ1v) is 6.02. The molecular formula is C11H25N3O6. The Morgan fingerprint density at radius 3 is 1.70 bits per heavy atom. The molecule has 0 saturated carbocycles. The van der Waals surface area contributed by atoms with Crippen LogP contribution in [0.1, 0.15) is 32.6 Å². The van der Waals surface area contributed by atoms with Crippen LogP contribution in [-0.2, 0) is 9.59 Å². The Hall–Kier alpha value is -1.26. The maximum absolute atomic E-state index is 10.4. The highest BCUT2D eigenvalue weighted by Gasteiger charge is 2.27. The molecule has 0 fully saturated rings. The molecule has 0 aromatic carbocycles. The monoisotopic (exact) mass is 295 g/mol. The van der Waals surface area contributed by atoms with Gasteiger partial charge in [0.1, 0.15) is 0 Å². The zero-order valence-corrected chi connectivity index (χ0v) is 11.6. The Labute approximate surface area is 117 Å². The Bertz CT molecular complexity index is 301. The Morgan fingerprint density at radius 2 is 1.45 bits per heavy atom. The van der Waals surface area contributed by atoms with E-state index in [1.54, 1.807) is 6.92 Å². The molecule has 0 bridgehead atoms. The van der Waals surface area contributed by atoms with Crippen LogP contribution in [0.4, 0.5) is 0 Å². The molecule has 9 nitrogen and oxygen atoms in total. The van der Waals surface area contributed by atoms with E-state index in [2.05, 4.69) is 0 Å². The topological polar surface area (TPSA) is 193 Å². The summed E-state index contributed by atoms with van der Waals surface area (Å²) in [6.07, 6.45) is 0.871. The first-order valence-electron chi connectivity index (χ1n) is 6.02. The van der Waals surface area contributed by atoms with Crippen molar-refractivity contribution in [1.29, 1.82) is 0 Å². The van der Waals surface area contributed by atoms with Crippen LogP contribution >= 0.6 is 0 Å². The van der Waals surface area contributed by atoms with Gasteiger partial charge in [0.05, 0.1) is 18.8 Å². The zero-order chi connectivity index (χ0) is 16.4. The molecule has 0 aromatic heterocycles. The molecule has 0 unspecified atom stereocenters. The summed E-state index contributed by atoms with van der Waals surface area (Å²) in [5.74, 6) is -2.18. The summed E-state index contributed by atoms with van der Waals surface area (Å²) in [7, 11) is 0. The van der Waals surface area contributed by atoms with Crippen molar-refractivity contribution in [1.82, 2.24) is 0 Å². The first-order chi connectivity index (χ1) is 8.98. The van der Waals surface area contributed by atoms with Gasteiger partial charge < -0.3 is 37.6 Å². The smallest absolute Gasteiger partial charge is 0.338 e. The molecule has 0 saturated heterocycles. The minimum Gasteiger partial charge on any atom is -0.481 e. The lowest BCUT2D eigenvalue weighted by atomic mass is 10.0. The molecule has 120 valence electrons. The fourth-order valence-electron chi connectivity index (χ4n) is 0.851. The van der Waals surface area contributed by atoms with Gasteiger partial charge in [-0.25, -0.2) is 4.79 Å². The van der Waals surface area contributed by atoms with E-state index in [0.29, 0.717) is 12.8 Å². The summed E-state index contributed by atoms with van der Waals surface area (Å²) in [6, 6.07) is 0. The minimum absolute atomic E-state index is 0.00962. The highest BCUT2D eigenvalue weighted by Crippen LogP contribution is 2.07. The summed E-state index contributed by atoms with van der Waals surface area (Å²) < 4.78 is 0. The van der Waals surface area contributed by atoms with Crippen molar-refractivity contribution in [2.24, 2.45) is 17.2 Å². The van der Waals surface area contributed by atoms with Gasteiger partial charge in [0.25, 0.3) is 0 Å². The third-order valence-corrected chi connectivity index (χ3v) is 2.35. The molecule has 10 N–H and O–H groups in total. The van der Waals surface area contributed by atoms with Crippen molar-refractivity contribution in [3.05, 3.63) is 0 Å². The third kappa shape index (κ3) is 11.8. The van der Waals surface area contributed by atoms with Gasteiger partial charge in [0.2, 0.25) is 0 Å². The zero-order valence-electron chi connectivity index (χ0n) is 11.6. The second kappa shape index (κ2) is 9.61. The van der Waals surface area contributed by atoms with Gasteiger partial charge in [0, 0.05) is 6.42 Å². The van der Waals surface area contributed by atoms with Crippen LogP contribution in [0, 0.1) is 0 Å². The van der Waals surface area contributed by atoms with E-state index in [1.807, 2.05) is 0 Å². The molecule has 0 aromatic rings. The van der Waals surface area contributed by atoms with E-state index >= 15 is 0 Å². The number of aliphatic carboxylic acids is 2. The number of hydrogen-bond donors (Lipinski definition) is 7. The van der Waals surface area contributed by atoms with Crippen molar-refractivity contribution in [2.75, 3.05) is 13.2 Å². The van der Waals surface area contributed by atoms with Crippen molar-refractivity contribution in [3.8, 4) is 0 Å². The number of carbonyl (C=O) groups is 2. The summed E-state index contributed by atoms with van der Waals surface area (Å²) in [4.78, 5) is 20.5. The van der Waals surface area contributed by atoms with Crippen molar-refractivity contribution < 1.29 is 30.0 Å². The molecular weight excluding hydrogens is 270 g/mol. The minimum atomic E-state index is -1.74. The molecule has 0 atom stereocenters. The van der Waals surface area contributed by atoms with Crippen LogP contribution in [0.5, 0.6) is 0 Å². The number of aliphatic hydroxyl groups is 2. The fourth-order valence-corrected chi connectivity index (χ4v) is 0.851. The van der Waals surface area contributed by atoms with E-state index in [-0.39, 0.29) is 26.1 Å². The third-order valence-electron chi connectivity index (χ3n) is 2.35. The largest absolute Gasteiger partial charge is 0.481 e. The molecule has 0 rings (SSSR count). The molecule has 0 aliphatic heterocycles. The quantitative estimate of drug-likeness (QED) is 0.196. The van der Waals surface area contributed by atoms with E-state index in [4.69, 9.17) is 37.6 Å². The van der Waals surface area contributed by atoms with Gasteiger partial charge in [-0.05, 0) is 26.2 Å². The Balaban J connectivity index is 0. The molecule has 0 heterocycles. The first kappa shape index (κ1) is 21.0. The van der Waals surface area contributed by atoms with Crippen LogP contribution in [0.3, 0.4) is 0 Å². The van der Waals surface area contributed by atoms with E-state index in [0.717, 1.165) is 0 Å². The Kier molecular flexibility index (Phi) is 10.1. The van der Waals surface area contributed by atoms with Crippen LogP contribution in [0.25, 0.3) is 0 Å². The van der Waals surface area contributed by atoms with Crippen LogP contribution in [0.15, 0.2) is 0 Å². The van der Waals surface area contributed by atoms with Gasteiger partial charge >= 0.3 is 11.9 Å². The summed E-state index contributed by atoms with van der Waals surface area (Å²) >= 11 is 0. The number of aliphatic hydroxyl groups excluding tert-OH is 2. The second-order valence-electron chi connectivity index (χ2n) is 4.92. The number of unbranched alkanes of at least 4 members (excludes halogenated alkanes) is 1. The average molecular weight is 295 g/mol. The molecule has 0 amide bonds. The number of carboxylic acid groups (broad SMARTS) is 2. The summed E-state index contributed by atoms with van der Waals surface area (Å²) in [5, 5.41) is 33.4. The maximum Gasteiger partial charge on any atom is 0.338 e. The van der Waals surface area contributed by atoms with Gasteiger partial charge in [-0.2, -0.15) is 0 Å². The van der Waals surface area contributed by atoms with Gasteiger partial charge in [-0.1, -0.05) is 0 Å². The molecule has 0 radical (unpaired) electrons. The normalized spacial score (nSPS) is 11.5. The number of nitrogens with two attached hydrogens (primary N) is 3. The maximum atomic E-state index is 10.4. The van der Waals surface area contributed by atoms with Crippen molar-refractivity contribution in [2.45, 2.75) is 43.8 Å². The molecule has 20 heavy (non-hydrogen) atoms. The summed E-state index contributed by atoms with van der Waals surface area (Å²) in [5.41, 5.74) is 13.1. The average Bonchev–Trinajstić information content (AvgIpc) is 2.35.